The molecule has 1 atom stereocenters. The summed E-state index contributed by atoms with van der Waals surface area (Å²) in [5.41, 5.74) is 2.32. The van der Waals surface area contributed by atoms with E-state index in [-0.39, 0.29) is 11.2 Å². The minimum Gasteiger partial charge on any atom is -0.495 e. The maximum absolute atomic E-state index is 12.4. The van der Waals surface area contributed by atoms with E-state index in [1.807, 2.05) is 35.8 Å². The zero-order valence-corrected chi connectivity index (χ0v) is 16.7. The maximum Gasteiger partial charge on any atom is 0.233 e. The van der Waals surface area contributed by atoms with Crippen molar-refractivity contribution in [3.63, 3.8) is 0 Å². The molecule has 1 aliphatic carbocycles. The van der Waals surface area contributed by atoms with E-state index >= 15 is 0 Å². The number of ether oxygens (including phenoxy) is 1. The molecular weight excluding hydrogens is 360 g/mol. The van der Waals surface area contributed by atoms with Gasteiger partial charge in [-0.1, -0.05) is 35.5 Å². The lowest BCUT2D eigenvalue weighted by Gasteiger charge is -2.15. The van der Waals surface area contributed by atoms with Gasteiger partial charge in [-0.2, -0.15) is 0 Å². The molecule has 0 saturated heterocycles. The van der Waals surface area contributed by atoms with Crippen LogP contribution in [0.5, 0.6) is 5.75 Å². The van der Waals surface area contributed by atoms with Crippen LogP contribution in [0, 0.1) is 0 Å². The van der Waals surface area contributed by atoms with Gasteiger partial charge in [0.05, 0.1) is 18.0 Å². The minimum absolute atomic E-state index is 0.0194. The Hall–Kier alpha value is -2.28. The largest absolute Gasteiger partial charge is 0.495 e. The zero-order valence-electron chi connectivity index (χ0n) is 15.9. The molecule has 144 valence electrons. The normalized spacial score (nSPS) is 15.1. The number of carbonyl (C=O) groups is 1. The quantitative estimate of drug-likeness (QED) is 0.553. The molecule has 0 bridgehead atoms. The number of para-hydroxylation sites is 2. The third-order valence-electron chi connectivity index (χ3n) is 4.64. The Morgan fingerprint density at radius 2 is 2.22 bits per heavy atom. The summed E-state index contributed by atoms with van der Waals surface area (Å²) < 4.78 is 7.26. The Bertz CT molecular complexity index is 803. The number of carbonyl (C=O) groups excluding carboxylic acids is 1. The average Bonchev–Trinajstić information content (AvgIpc) is 3.16. The monoisotopic (exact) mass is 386 g/mol. The van der Waals surface area contributed by atoms with Gasteiger partial charge in [-0.05, 0) is 51.2 Å². The molecule has 0 spiro atoms. The minimum atomic E-state index is -0.261. The van der Waals surface area contributed by atoms with Crippen LogP contribution in [0.25, 0.3) is 5.69 Å². The molecule has 0 radical (unpaired) electrons. The standard InChI is InChI=1S/C20H26N4O2S/c1-15(19(25)21-13-12-16-8-4-3-5-9-16)27-20-23-22-14-24(20)17-10-6-7-11-18(17)26-2/h6-8,10-11,14-15H,3-5,9,12-13H2,1-2H3,(H,21,25)/t15-/m0/s1. The van der Waals surface area contributed by atoms with Gasteiger partial charge in [0.1, 0.15) is 12.1 Å². The zero-order chi connectivity index (χ0) is 19.1. The number of amides is 1. The fourth-order valence-corrected chi connectivity index (χ4v) is 3.99. The molecule has 2 aromatic rings. The van der Waals surface area contributed by atoms with E-state index in [9.17, 15) is 4.79 Å². The summed E-state index contributed by atoms with van der Waals surface area (Å²) in [6.07, 6.45) is 9.81. The SMILES string of the molecule is COc1ccccc1-n1cnnc1S[C@@H](C)C(=O)NCCC1=CCCCC1. The first-order valence-electron chi connectivity index (χ1n) is 9.34. The van der Waals surface area contributed by atoms with Gasteiger partial charge in [-0.3, -0.25) is 9.36 Å². The van der Waals surface area contributed by atoms with Crippen molar-refractivity contribution < 1.29 is 9.53 Å². The predicted octanol–water partition coefficient (Wildman–Crippen LogP) is 3.76. The summed E-state index contributed by atoms with van der Waals surface area (Å²) in [6.45, 7) is 2.58. The second-order valence-electron chi connectivity index (χ2n) is 6.56. The molecule has 1 amide bonds. The third kappa shape index (κ3) is 5.13. The van der Waals surface area contributed by atoms with E-state index in [0.29, 0.717) is 11.7 Å². The number of thioether (sulfide) groups is 1. The number of allylic oxidation sites excluding steroid dienone is 1. The van der Waals surface area contributed by atoms with Crippen LogP contribution in [0.2, 0.25) is 0 Å². The number of nitrogens with zero attached hydrogens (tertiary/aromatic N) is 3. The van der Waals surface area contributed by atoms with Crippen LogP contribution in [0.3, 0.4) is 0 Å². The second kappa shape index (κ2) is 9.60. The van der Waals surface area contributed by atoms with E-state index in [0.717, 1.165) is 17.9 Å². The molecule has 0 fully saturated rings. The Kier molecular flexibility index (Phi) is 6.92. The van der Waals surface area contributed by atoms with E-state index < -0.39 is 0 Å². The van der Waals surface area contributed by atoms with Crippen molar-refractivity contribution in [1.29, 1.82) is 0 Å². The van der Waals surface area contributed by atoms with Crippen molar-refractivity contribution in [1.82, 2.24) is 20.1 Å². The molecule has 1 aliphatic rings. The summed E-state index contributed by atoms with van der Waals surface area (Å²) in [6, 6.07) is 7.68. The van der Waals surface area contributed by atoms with Gasteiger partial charge in [-0.15, -0.1) is 10.2 Å². The van der Waals surface area contributed by atoms with Crippen molar-refractivity contribution in [3.05, 3.63) is 42.2 Å². The Morgan fingerprint density at radius 3 is 3.00 bits per heavy atom. The molecule has 27 heavy (non-hydrogen) atoms. The van der Waals surface area contributed by atoms with Crippen LogP contribution in [0.4, 0.5) is 0 Å². The Balaban J connectivity index is 1.58. The molecule has 0 saturated carbocycles. The van der Waals surface area contributed by atoms with Crippen LogP contribution < -0.4 is 10.1 Å². The lowest BCUT2D eigenvalue weighted by atomic mass is 9.97. The molecular formula is C20H26N4O2S. The van der Waals surface area contributed by atoms with Crippen LogP contribution >= 0.6 is 11.8 Å². The first kappa shape index (κ1) is 19.5. The van der Waals surface area contributed by atoms with Gasteiger partial charge in [-0.25, -0.2) is 0 Å². The highest BCUT2D eigenvalue weighted by Crippen LogP contribution is 2.28. The van der Waals surface area contributed by atoms with Crippen molar-refractivity contribution in [2.75, 3.05) is 13.7 Å². The summed E-state index contributed by atoms with van der Waals surface area (Å²) in [7, 11) is 1.63. The van der Waals surface area contributed by atoms with Crippen molar-refractivity contribution in [2.45, 2.75) is 49.4 Å². The number of benzene rings is 1. The number of aromatic nitrogens is 3. The number of hydrogen-bond donors (Lipinski definition) is 1. The lowest BCUT2D eigenvalue weighted by Crippen LogP contribution is -2.32. The van der Waals surface area contributed by atoms with Crippen LogP contribution in [0.1, 0.15) is 39.0 Å². The molecule has 1 heterocycles. The van der Waals surface area contributed by atoms with E-state index in [1.165, 1.54) is 43.0 Å². The van der Waals surface area contributed by atoms with Gasteiger partial charge in [0.25, 0.3) is 0 Å². The topological polar surface area (TPSA) is 69.0 Å². The van der Waals surface area contributed by atoms with E-state index in [2.05, 4.69) is 21.6 Å². The molecule has 0 unspecified atom stereocenters. The molecule has 1 N–H and O–H groups in total. The Morgan fingerprint density at radius 1 is 1.37 bits per heavy atom. The summed E-state index contributed by atoms with van der Waals surface area (Å²) in [4.78, 5) is 12.4. The van der Waals surface area contributed by atoms with E-state index in [1.54, 1.807) is 13.4 Å². The predicted molar refractivity (Wildman–Crippen MR) is 107 cm³/mol. The molecule has 0 aliphatic heterocycles. The number of nitrogens with one attached hydrogen (secondary N) is 1. The summed E-state index contributed by atoms with van der Waals surface area (Å²) in [5, 5.41) is 11.6. The number of methoxy groups -OCH3 is 1. The summed E-state index contributed by atoms with van der Waals surface area (Å²) in [5.74, 6) is 0.753. The number of rotatable bonds is 8. The maximum atomic E-state index is 12.4. The van der Waals surface area contributed by atoms with Gasteiger partial charge in [0.15, 0.2) is 5.16 Å². The molecule has 6 nitrogen and oxygen atoms in total. The molecule has 1 aromatic heterocycles. The van der Waals surface area contributed by atoms with Crippen LogP contribution in [-0.4, -0.2) is 39.6 Å². The second-order valence-corrected chi connectivity index (χ2v) is 7.87. The van der Waals surface area contributed by atoms with Gasteiger partial charge in [0.2, 0.25) is 5.91 Å². The summed E-state index contributed by atoms with van der Waals surface area (Å²) >= 11 is 1.39. The smallest absolute Gasteiger partial charge is 0.233 e. The van der Waals surface area contributed by atoms with Crippen molar-refractivity contribution in [2.24, 2.45) is 0 Å². The highest BCUT2D eigenvalue weighted by atomic mass is 32.2. The Labute approximate surface area is 164 Å². The number of hydrogen-bond acceptors (Lipinski definition) is 5. The molecule has 1 aromatic carbocycles. The average molecular weight is 387 g/mol. The van der Waals surface area contributed by atoms with Crippen molar-refractivity contribution in [3.8, 4) is 11.4 Å². The molecule has 7 heteroatoms. The fraction of sp³-hybridized carbons (Fsp3) is 0.450. The third-order valence-corrected chi connectivity index (χ3v) is 5.70. The van der Waals surface area contributed by atoms with Gasteiger partial charge >= 0.3 is 0 Å². The first-order chi connectivity index (χ1) is 13.2. The highest BCUT2D eigenvalue weighted by Gasteiger charge is 2.19. The first-order valence-corrected chi connectivity index (χ1v) is 10.2. The van der Waals surface area contributed by atoms with E-state index in [4.69, 9.17) is 4.74 Å². The lowest BCUT2D eigenvalue weighted by molar-refractivity contribution is -0.120. The molecule has 3 rings (SSSR count). The fourth-order valence-electron chi connectivity index (χ4n) is 3.13. The van der Waals surface area contributed by atoms with Crippen molar-refractivity contribution >= 4 is 17.7 Å². The highest BCUT2D eigenvalue weighted by molar-refractivity contribution is 8.00. The van der Waals surface area contributed by atoms with Gasteiger partial charge < -0.3 is 10.1 Å². The van der Waals surface area contributed by atoms with Crippen LogP contribution in [-0.2, 0) is 4.79 Å². The van der Waals surface area contributed by atoms with Crippen LogP contribution in [0.15, 0.2) is 47.4 Å². The van der Waals surface area contributed by atoms with Gasteiger partial charge in [0, 0.05) is 6.54 Å².